The lowest BCUT2D eigenvalue weighted by Crippen LogP contribution is -2.19. The molecule has 0 amide bonds. The summed E-state index contributed by atoms with van der Waals surface area (Å²) in [5.74, 6) is 0.965. The van der Waals surface area contributed by atoms with Gasteiger partial charge in [-0.05, 0) is 42.0 Å². The zero-order chi connectivity index (χ0) is 12.4. The van der Waals surface area contributed by atoms with Crippen LogP contribution in [-0.4, -0.2) is 20.2 Å². The van der Waals surface area contributed by atoms with Crippen LogP contribution < -0.4 is 4.74 Å². The third-order valence-corrected chi connectivity index (χ3v) is 3.65. The average molecular weight is 234 g/mol. The van der Waals surface area contributed by atoms with E-state index in [0.29, 0.717) is 0 Å². The number of aryl methyl sites for hydroxylation is 1. The van der Waals surface area contributed by atoms with Gasteiger partial charge in [-0.15, -0.1) is 0 Å². The second-order valence-corrected chi connectivity index (χ2v) is 4.52. The van der Waals surface area contributed by atoms with Crippen LogP contribution in [0.2, 0.25) is 0 Å². The fourth-order valence-electron chi connectivity index (χ4n) is 2.62. The predicted molar refractivity (Wildman–Crippen MR) is 65.2 cm³/mol. The molecule has 2 rings (SSSR count). The van der Waals surface area contributed by atoms with Gasteiger partial charge in [0.2, 0.25) is 0 Å². The lowest BCUT2D eigenvalue weighted by molar-refractivity contribution is -0.145. The van der Waals surface area contributed by atoms with Crippen molar-refractivity contribution in [2.24, 2.45) is 5.92 Å². The summed E-state index contributed by atoms with van der Waals surface area (Å²) in [6.45, 7) is 1.94. The van der Waals surface area contributed by atoms with E-state index in [1.165, 1.54) is 18.2 Å². The van der Waals surface area contributed by atoms with E-state index < -0.39 is 0 Å². The third kappa shape index (κ3) is 2.14. The molecular formula is C14H18O3. The molecule has 0 saturated heterocycles. The van der Waals surface area contributed by atoms with Crippen molar-refractivity contribution in [2.75, 3.05) is 14.2 Å². The zero-order valence-electron chi connectivity index (χ0n) is 10.5. The normalized spacial score (nSPS) is 19.6. The molecule has 2 atom stereocenters. The predicted octanol–water partition coefficient (Wildman–Crippen LogP) is 2.53. The number of hydrogen-bond donors (Lipinski definition) is 0. The van der Waals surface area contributed by atoms with Gasteiger partial charge in [0.25, 0.3) is 0 Å². The van der Waals surface area contributed by atoms with Gasteiger partial charge in [0.15, 0.2) is 0 Å². The number of hydrogen-bond acceptors (Lipinski definition) is 3. The highest BCUT2D eigenvalue weighted by Gasteiger charge is 2.31. The first kappa shape index (κ1) is 12.0. The molecule has 0 fully saturated rings. The van der Waals surface area contributed by atoms with Crippen molar-refractivity contribution in [3.8, 4) is 5.75 Å². The maximum absolute atomic E-state index is 11.6. The van der Waals surface area contributed by atoms with E-state index >= 15 is 0 Å². The molecule has 1 aliphatic carbocycles. The third-order valence-electron chi connectivity index (χ3n) is 3.65. The van der Waals surface area contributed by atoms with Gasteiger partial charge in [-0.3, -0.25) is 4.79 Å². The number of rotatable bonds is 3. The highest BCUT2D eigenvalue weighted by Crippen LogP contribution is 2.40. The standard InChI is InChI=1S/C14H18O3/c1-9(14(15)17-3)12-6-4-10-8-11(16-2)5-7-13(10)12/h5,7-9,12H,4,6H2,1-3H3. The summed E-state index contributed by atoms with van der Waals surface area (Å²) >= 11 is 0. The number of fused-ring (bicyclic) bond motifs is 1. The molecule has 2 unspecified atom stereocenters. The van der Waals surface area contributed by atoms with Gasteiger partial charge in [0.05, 0.1) is 20.1 Å². The van der Waals surface area contributed by atoms with Crippen LogP contribution in [0.1, 0.15) is 30.4 Å². The smallest absolute Gasteiger partial charge is 0.308 e. The fourth-order valence-corrected chi connectivity index (χ4v) is 2.62. The molecule has 1 aromatic rings. The minimum Gasteiger partial charge on any atom is -0.497 e. The molecule has 0 aromatic heterocycles. The van der Waals surface area contributed by atoms with E-state index in [4.69, 9.17) is 9.47 Å². The first-order valence-corrected chi connectivity index (χ1v) is 5.92. The maximum Gasteiger partial charge on any atom is 0.308 e. The highest BCUT2D eigenvalue weighted by molar-refractivity contribution is 5.73. The Labute approximate surface area is 102 Å². The van der Waals surface area contributed by atoms with E-state index in [1.54, 1.807) is 7.11 Å². The van der Waals surface area contributed by atoms with Crippen molar-refractivity contribution in [3.05, 3.63) is 29.3 Å². The Kier molecular flexibility index (Phi) is 3.36. The second kappa shape index (κ2) is 4.78. The van der Waals surface area contributed by atoms with Crippen molar-refractivity contribution in [3.63, 3.8) is 0 Å². The molecule has 1 aliphatic rings. The summed E-state index contributed by atoms with van der Waals surface area (Å²) in [6, 6.07) is 6.10. The van der Waals surface area contributed by atoms with Gasteiger partial charge >= 0.3 is 5.97 Å². The Morgan fingerprint density at radius 1 is 1.41 bits per heavy atom. The number of esters is 1. The maximum atomic E-state index is 11.6. The molecule has 0 radical (unpaired) electrons. The summed E-state index contributed by atoms with van der Waals surface area (Å²) in [4.78, 5) is 11.6. The Morgan fingerprint density at radius 2 is 2.18 bits per heavy atom. The number of carbonyl (C=O) groups excluding carboxylic acids is 1. The van der Waals surface area contributed by atoms with Gasteiger partial charge in [-0.25, -0.2) is 0 Å². The van der Waals surface area contributed by atoms with Crippen LogP contribution in [0.3, 0.4) is 0 Å². The molecule has 3 nitrogen and oxygen atoms in total. The van der Waals surface area contributed by atoms with Gasteiger partial charge < -0.3 is 9.47 Å². The van der Waals surface area contributed by atoms with Gasteiger partial charge in [0, 0.05) is 0 Å². The molecule has 3 heteroatoms. The van der Waals surface area contributed by atoms with Gasteiger partial charge in [0.1, 0.15) is 5.75 Å². The van der Waals surface area contributed by atoms with Crippen molar-refractivity contribution < 1.29 is 14.3 Å². The molecule has 0 heterocycles. The Morgan fingerprint density at radius 3 is 2.82 bits per heavy atom. The number of ether oxygens (including phenoxy) is 2. The average Bonchev–Trinajstić information content (AvgIpc) is 2.79. The molecule has 17 heavy (non-hydrogen) atoms. The number of carbonyl (C=O) groups is 1. The molecule has 0 aliphatic heterocycles. The molecule has 0 N–H and O–H groups in total. The lowest BCUT2D eigenvalue weighted by atomic mass is 9.89. The Bertz CT molecular complexity index is 425. The summed E-state index contributed by atoms with van der Waals surface area (Å²) < 4.78 is 10.0. The lowest BCUT2D eigenvalue weighted by Gasteiger charge is -2.18. The van der Waals surface area contributed by atoms with E-state index in [1.807, 2.05) is 13.0 Å². The molecule has 1 aromatic carbocycles. The quantitative estimate of drug-likeness (QED) is 0.754. The summed E-state index contributed by atoms with van der Waals surface area (Å²) in [5.41, 5.74) is 2.56. The van der Waals surface area contributed by atoms with Crippen LogP contribution in [0.25, 0.3) is 0 Å². The van der Waals surface area contributed by atoms with Crippen LogP contribution in [0.15, 0.2) is 18.2 Å². The topological polar surface area (TPSA) is 35.5 Å². The molecule has 0 saturated carbocycles. The summed E-state index contributed by atoms with van der Waals surface area (Å²) in [7, 11) is 3.12. The molecule has 92 valence electrons. The molecular weight excluding hydrogens is 216 g/mol. The van der Waals surface area contributed by atoms with Crippen molar-refractivity contribution in [1.29, 1.82) is 0 Å². The van der Waals surface area contributed by atoms with Crippen LogP contribution in [0, 0.1) is 5.92 Å². The summed E-state index contributed by atoms with van der Waals surface area (Å²) in [6.07, 6.45) is 2.03. The second-order valence-electron chi connectivity index (χ2n) is 4.52. The van der Waals surface area contributed by atoms with Crippen LogP contribution >= 0.6 is 0 Å². The van der Waals surface area contributed by atoms with E-state index in [-0.39, 0.29) is 17.8 Å². The zero-order valence-corrected chi connectivity index (χ0v) is 10.5. The largest absolute Gasteiger partial charge is 0.497 e. The van der Waals surface area contributed by atoms with Gasteiger partial charge in [-0.1, -0.05) is 13.0 Å². The first-order valence-electron chi connectivity index (χ1n) is 5.92. The number of benzene rings is 1. The van der Waals surface area contributed by atoms with E-state index in [0.717, 1.165) is 18.6 Å². The number of methoxy groups -OCH3 is 2. The van der Waals surface area contributed by atoms with Crippen molar-refractivity contribution >= 4 is 5.97 Å². The van der Waals surface area contributed by atoms with Crippen molar-refractivity contribution in [2.45, 2.75) is 25.7 Å². The van der Waals surface area contributed by atoms with Crippen LogP contribution in [-0.2, 0) is 16.0 Å². The fraction of sp³-hybridized carbons (Fsp3) is 0.500. The Balaban J connectivity index is 2.25. The minimum atomic E-state index is -0.126. The first-order chi connectivity index (χ1) is 8.17. The van der Waals surface area contributed by atoms with Crippen molar-refractivity contribution in [1.82, 2.24) is 0 Å². The van der Waals surface area contributed by atoms with E-state index in [9.17, 15) is 4.79 Å². The van der Waals surface area contributed by atoms with E-state index in [2.05, 4.69) is 12.1 Å². The minimum absolute atomic E-state index is 0.0744. The SMILES string of the molecule is COC(=O)C(C)C1CCc2cc(OC)ccc21. The summed E-state index contributed by atoms with van der Waals surface area (Å²) in [5, 5.41) is 0. The highest BCUT2D eigenvalue weighted by atomic mass is 16.5. The molecule has 0 spiro atoms. The monoisotopic (exact) mass is 234 g/mol. The Hall–Kier alpha value is -1.51. The van der Waals surface area contributed by atoms with Gasteiger partial charge in [-0.2, -0.15) is 0 Å². The van der Waals surface area contributed by atoms with Crippen LogP contribution in [0.4, 0.5) is 0 Å². The van der Waals surface area contributed by atoms with Crippen LogP contribution in [0.5, 0.6) is 5.75 Å². The molecule has 0 bridgehead atoms.